The third kappa shape index (κ3) is 3.20. The van der Waals surface area contributed by atoms with Gasteiger partial charge in [0.1, 0.15) is 0 Å². The highest BCUT2D eigenvalue weighted by atomic mass is 35.5. The highest BCUT2D eigenvalue weighted by molar-refractivity contribution is 7.16. The summed E-state index contributed by atoms with van der Waals surface area (Å²) in [7, 11) is 0. The first-order valence-corrected chi connectivity index (χ1v) is 7.01. The summed E-state index contributed by atoms with van der Waals surface area (Å²) in [5.74, 6) is 0.632. The summed E-state index contributed by atoms with van der Waals surface area (Å²) >= 11 is 7.54. The van der Waals surface area contributed by atoms with E-state index in [2.05, 4.69) is 18.3 Å². The van der Waals surface area contributed by atoms with Crippen LogP contribution in [0.3, 0.4) is 0 Å². The molecule has 1 fully saturated rings. The number of thiophene rings is 1. The quantitative estimate of drug-likeness (QED) is 0.870. The van der Waals surface area contributed by atoms with Gasteiger partial charge < -0.3 is 10.4 Å². The molecular weight excluding hydrogens is 242 g/mol. The van der Waals surface area contributed by atoms with Crippen molar-refractivity contribution in [3.8, 4) is 0 Å². The molecule has 0 aromatic carbocycles. The van der Waals surface area contributed by atoms with Crippen LogP contribution in [0, 0.1) is 5.92 Å². The molecule has 2 nitrogen and oxygen atoms in total. The zero-order valence-corrected chi connectivity index (χ0v) is 11.0. The van der Waals surface area contributed by atoms with Gasteiger partial charge in [-0.1, -0.05) is 11.6 Å². The predicted octanol–water partition coefficient (Wildman–Crippen LogP) is 3.21. The molecule has 1 aromatic rings. The second-order valence-electron chi connectivity index (χ2n) is 4.60. The highest BCUT2D eigenvalue weighted by Crippen LogP contribution is 2.28. The van der Waals surface area contributed by atoms with E-state index in [-0.39, 0.29) is 6.10 Å². The smallest absolute Gasteiger partial charge is 0.0931 e. The number of hydrogen-bond acceptors (Lipinski definition) is 3. The molecule has 90 valence electrons. The van der Waals surface area contributed by atoms with Gasteiger partial charge in [0.2, 0.25) is 0 Å². The Kier molecular flexibility index (Phi) is 4.25. The molecule has 4 heteroatoms. The number of hydrogen-bond donors (Lipinski definition) is 2. The molecule has 3 unspecified atom stereocenters. The number of rotatable bonds is 4. The molecule has 1 aromatic heterocycles. The molecule has 0 radical (unpaired) electrons. The maximum absolute atomic E-state index is 9.44. The Labute approximate surface area is 106 Å². The lowest BCUT2D eigenvalue weighted by molar-refractivity contribution is 0.177. The van der Waals surface area contributed by atoms with Crippen molar-refractivity contribution in [1.29, 1.82) is 0 Å². The van der Waals surface area contributed by atoms with Gasteiger partial charge in [-0.05, 0) is 50.8 Å². The fraction of sp³-hybridized carbons (Fsp3) is 0.667. The van der Waals surface area contributed by atoms with Crippen LogP contribution in [-0.2, 0) is 0 Å². The van der Waals surface area contributed by atoms with Crippen LogP contribution in [0.2, 0.25) is 4.34 Å². The zero-order valence-electron chi connectivity index (χ0n) is 9.45. The SMILES string of the molecule is CC(NCC1CCC(O)C1)c1ccc(Cl)s1. The van der Waals surface area contributed by atoms with E-state index in [1.54, 1.807) is 11.3 Å². The zero-order chi connectivity index (χ0) is 11.5. The average molecular weight is 260 g/mol. The number of nitrogens with one attached hydrogen (secondary N) is 1. The van der Waals surface area contributed by atoms with Gasteiger partial charge >= 0.3 is 0 Å². The molecule has 0 aliphatic heterocycles. The Balaban J connectivity index is 1.77. The van der Waals surface area contributed by atoms with Crippen molar-refractivity contribution in [3.63, 3.8) is 0 Å². The minimum absolute atomic E-state index is 0.0710. The van der Waals surface area contributed by atoms with E-state index < -0.39 is 0 Å². The van der Waals surface area contributed by atoms with E-state index in [9.17, 15) is 5.11 Å². The van der Waals surface area contributed by atoms with Gasteiger partial charge in [-0.15, -0.1) is 11.3 Å². The van der Waals surface area contributed by atoms with Crippen LogP contribution in [0.15, 0.2) is 12.1 Å². The van der Waals surface area contributed by atoms with Gasteiger partial charge in [-0.25, -0.2) is 0 Å². The Morgan fingerprint density at radius 2 is 2.38 bits per heavy atom. The maximum atomic E-state index is 9.44. The first-order valence-electron chi connectivity index (χ1n) is 5.82. The standard InChI is InChI=1S/C12H18ClNOS/c1-8(11-4-5-12(13)16-11)14-7-9-2-3-10(15)6-9/h4-5,8-10,14-15H,2-3,6-7H2,1H3. The Morgan fingerprint density at radius 1 is 1.56 bits per heavy atom. The van der Waals surface area contributed by atoms with E-state index in [0.29, 0.717) is 12.0 Å². The Bertz CT molecular complexity index is 342. The molecule has 16 heavy (non-hydrogen) atoms. The highest BCUT2D eigenvalue weighted by Gasteiger charge is 2.23. The topological polar surface area (TPSA) is 32.3 Å². The van der Waals surface area contributed by atoms with Crippen molar-refractivity contribution < 1.29 is 5.11 Å². The average Bonchev–Trinajstić information content (AvgIpc) is 2.84. The second kappa shape index (κ2) is 5.50. The second-order valence-corrected chi connectivity index (χ2v) is 6.35. The van der Waals surface area contributed by atoms with E-state index >= 15 is 0 Å². The largest absolute Gasteiger partial charge is 0.393 e. The Morgan fingerprint density at radius 3 is 2.94 bits per heavy atom. The lowest BCUT2D eigenvalue weighted by atomic mass is 10.1. The van der Waals surface area contributed by atoms with Crippen molar-refractivity contribution in [2.45, 2.75) is 38.3 Å². The summed E-state index contributed by atoms with van der Waals surface area (Å²) in [6.07, 6.45) is 2.99. The Hall–Kier alpha value is -0.0900. The van der Waals surface area contributed by atoms with E-state index in [0.717, 1.165) is 30.1 Å². The van der Waals surface area contributed by atoms with Crippen LogP contribution in [0.1, 0.15) is 37.1 Å². The monoisotopic (exact) mass is 259 g/mol. The third-order valence-electron chi connectivity index (χ3n) is 3.25. The summed E-state index contributed by atoms with van der Waals surface area (Å²) in [5, 5.41) is 13.0. The lowest BCUT2D eigenvalue weighted by Crippen LogP contribution is -2.24. The van der Waals surface area contributed by atoms with Crippen LogP contribution in [0.4, 0.5) is 0 Å². The van der Waals surface area contributed by atoms with Gasteiger partial charge in [0.25, 0.3) is 0 Å². The van der Waals surface area contributed by atoms with E-state index in [1.165, 1.54) is 4.88 Å². The molecule has 1 saturated carbocycles. The lowest BCUT2D eigenvalue weighted by Gasteiger charge is -2.15. The first kappa shape index (κ1) is 12.4. The molecule has 2 N–H and O–H groups in total. The molecule has 2 rings (SSSR count). The summed E-state index contributed by atoms with van der Waals surface area (Å²) < 4.78 is 0.847. The molecular formula is C12H18ClNOS. The van der Waals surface area contributed by atoms with Crippen LogP contribution in [0.5, 0.6) is 0 Å². The minimum Gasteiger partial charge on any atom is -0.393 e. The van der Waals surface area contributed by atoms with Crippen molar-refractivity contribution in [1.82, 2.24) is 5.32 Å². The van der Waals surface area contributed by atoms with Crippen molar-refractivity contribution >= 4 is 22.9 Å². The van der Waals surface area contributed by atoms with Crippen LogP contribution >= 0.6 is 22.9 Å². The number of aliphatic hydroxyl groups excluding tert-OH is 1. The van der Waals surface area contributed by atoms with E-state index in [4.69, 9.17) is 11.6 Å². The predicted molar refractivity (Wildman–Crippen MR) is 69.1 cm³/mol. The van der Waals surface area contributed by atoms with Crippen molar-refractivity contribution in [3.05, 3.63) is 21.3 Å². The maximum Gasteiger partial charge on any atom is 0.0931 e. The van der Waals surface area contributed by atoms with E-state index in [1.807, 2.05) is 6.07 Å². The van der Waals surface area contributed by atoms with Crippen LogP contribution < -0.4 is 5.32 Å². The van der Waals surface area contributed by atoms with Gasteiger partial charge in [0, 0.05) is 10.9 Å². The minimum atomic E-state index is -0.0710. The van der Waals surface area contributed by atoms with Gasteiger partial charge in [-0.3, -0.25) is 0 Å². The molecule has 3 atom stereocenters. The van der Waals surface area contributed by atoms with Crippen molar-refractivity contribution in [2.24, 2.45) is 5.92 Å². The summed E-state index contributed by atoms with van der Waals surface area (Å²) in [4.78, 5) is 1.28. The number of aliphatic hydroxyl groups is 1. The molecule has 0 spiro atoms. The van der Waals surface area contributed by atoms with Gasteiger partial charge in [0.05, 0.1) is 10.4 Å². The normalized spacial score (nSPS) is 27.2. The fourth-order valence-electron chi connectivity index (χ4n) is 2.24. The third-order valence-corrected chi connectivity index (χ3v) is 4.66. The molecule has 0 amide bonds. The fourth-order valence-corrected chi connectivity index (χ4v) is 3.33. The van der Waals surface area contributed by atoms with Gasteiger partial charge in [-0.2, -0.15) is 0 Å². The van der Waals surface area contributed by atoms with Gasteiger partial charge in [0.15, 0.2) is 0 Å². The molecule has 0 saturated heterocycles. The molecule has 0 bridgehead atoms. The first-order chi connectivity index (χ1) is 7.65. The van der Waals surface area contributed by atoms with Crippen LogP contribution in [-0.4, -0.2) is 17.8 Å². The summed E-state index contributed by atoms with van der Waals surface area (Å²) in [6, 6.07) is 4.38. The number of halogens is 1. The summed E-state index contributed by atoms with van der Waals surface area (Å²) in [5.41, 5.74) is 0. The molecule has 1 aliphatic carbocycles. The van der Waals surface area contributed by atoms with Crippen LogP contribution in [0.25, 0.3) is 0 Å². The summed E-state index contributed by atoms with van der Waals surface area (Å²) in [6.45, 7) is 3.15. The van der Waals surface area contributed by atoms with Crippen molar-refractivity contribution in [2.75, 3.05) is 6.54 Å². The molecule has 1 heterocycles. The molecule has 1 aliphatic rings.